The molecule has 0 aromatic heterocycles. The maximum absolute atomic E-state index is 3.58. The van der Waals surface area contributed by atoms with Gasteiger partial charge in [-0.05, 0) is 61.3 Å². The van der Waals surface area contributed by atoms with E-state index in [1.54, 1.807) is 11.1 Å². The Hall–Kier alpha value is -0.820. The largest absolute Gasteiger partial charge is 0.313 e. The lowest BCUT2D eigenvalue weighted by molar-refractivity contribution is 0.315. The second kappa shape index (κ2) is 5.05. The second-order valence-corrected chi connectivity index (χ2v) is 6.22. The number of nitrogens with one attached hydrogen (secondary N) is 1. The van der Waals surface area contributed by atoms with Gasteiger partial charge in [-0.3, -0.25) is 0 Å². The summed E-state index contributed by atoms with van der Waals surface area (Å²) >= 11 is 0. The first kappa shape index (κ1) is 12.2. The molecule has 1 saturated carbocycles. The number of rotatable bonds is 3. The van der Waals surface area contributed by atoms with E-state index in [4.69, 9.17) is 0 Å². The van der Waals surface area contributed by atoms with Gasteiger partial charge in [-0.15, -0.1) is 0 Å². The van der Waals surface area contributed by atoms with Crippen LogP contribution in [0.25, 0.3) is 0 Å². The molecule has 0 radical (unpaired) electrons. The van der Waals surface area contributed by atoms with Crippen LogP contribution in [0.5, 0.6) is 0 Å². The summed E-state index contributed by atoms with van der Waals surface area (Å²) < 4.78 is 0. The molecule has 0 spiro atoms. The SMILES string of the molecule is CNC(c1ccc2c(c1)CCC2)C1CCCC1C. The van der Waals surface area contributed by atoms with Crippen LogP contribution >= 0.6 is 0 Å². The molecule has 2 aliphatic rings. The smallest absolute Gasteiger partial charge is 0.0348 e. The Labute approximate surface area is 111 Å². The van der Waals surface area contributed by atoms with Crippen molar-refractivity contribution in [1.29, 1.82) is 0 Å². The van der Waals surface area contributed by atoms with Crippen LogP contribution in [0, 0.1) is 11.8 Å². The Morgan fingerprint density at radius 3 is 2.67 bits per heavy atom. The molecule has 3 rings (SSSR count). The van der Waals surface area contributed by atoms with Crippen molar-refractivity contribution in [2.45, 2.75) is 51.5 Å². The molecule has 3 atom stereocenters. The molecule has 1 N–H and O–H groups in total. The molecule has 1 aromatic carbocycles. The highest BCUT2D eigenvalue weighted by Crippen LogP contribution is 2.40. The monoisotopic (exact) mass is 243 g/mol. The second-order valence-electron chi connectivity index (χ2n) is 6.22. The van der Waals surface area contributed by atoms with E-state index < -0.39 is 0 Å². The maximum atomic E-state index is 3.58. The lowest BCUT2D eigenvalue weighted by Gasteiger charge is -2.27. The normalized spacial score (nSPS) is 28.3. The van der Waals surface area contributed by atoms with Gasteiger partial charge in [0, 0.05) is 6.04 Å². The summed E-state index contributed by atoms with van der Waals surface area (Å²) in [6.45, 7) is 2.43. The summed E-state index contributed by atoms with van der Waals surface area (Å²) in [5, 5.41) is 3.58. The highest BCUT2D eigenvalue weighted by atomic mass is 14.9. The van der Waals surface area contributed by atoms with Gasteiger partial charge in [0.2, 0.25) is 0 Å². The minimum Gasteiger partial charge on any atom is -0.313 e. The highest BCUT2D eigenvalue weighted by molar-refractivity contribution is 5.36. The van der Waals surface area contributed by atoms with Crippen LogP contribution in [0.2, 0.25) is 0 Å². The van der Waals surface area contributed by atoms with Crippen molar-refractivity contribution in [3.63, 3.8) is 0 Å². The zero-order valence-electron chi connectivity index (χ0n) is 11.7. The summed E-state index contributed by atoms with van der Waals surface area (Å²) in [6, 6.07) is 7.79. The summed E-state index contributed by atoms with van der Waals surface area (Å²) in [4.78, 5) is 0. The molecular formula is C17H25N. The van der Waals surface area contributed by atoms with Crippen LogP contribution < -0.4 is 5.32 Å². The Morgan fingerprint density at radius 2 is 1.94 bits per heavy atom. The van der Waals surface area contributed by atoms with E-state index >= 15 is 0 Å². The van der Waals surface area contributed by atoms with Crippen molar-refractivity contribution in [2.24, 2.45) is 11.8 Å². The first-order valence-corrected chi connectivity index (χ1v) is 7.58. The Balaban J connectivity index is 1.87. The molecule has 0 bridgehead atoms. The van der Waals surface area contributed by atoms with Crippen molar-refractivity contribution in [3.05, 3.63) is 34.9 Å². The number of aryl methyl sites for hydroxylation is 2. The summed E-state index contributed by atoms with van der Waals surface area (Å²) in [5.41, 5.74) is 4.73. The van der Waals surface area contributed by atoms with Gasteiger partial charge < -0.3 is 5.32 Å². The third-order valence-corrected chi connectivity index (χ3v) is 5.15. The fourth-order valence-electron chi connectivity index (χ4n) is 4.08. The molecule has 0 heterocycles. The average molecular weight is 243 g/mol. The number of hydrogen-bond donors (Lipinski definition) is 1. The van der Waals surface area contributed by atoms with Gasteiger partial charge in [0.15, 0.2) is 0 Å². The lowest BCUT2D eigenvalue weighted by atomic mass is 9.85. The van der Waals surface area contributed by atoms with Crippen molar-refractivity contribution >= 4 is 0 Å². The summed E-state index contributed by atoms with van der Waals surface area (Å²) in [5.74, 6) is 1.70. The van der Waals surface area contributed by atoms with E-state index in [2.05, 4.69) is 37.5 Å². The van der Waals surface area contributed by atoms with E-state index in [0.29, 0.717) is 6.04 Å². The molecule has 98 valence electrons. The van der Waals surface area contributed by atoms with Crippen LogP contribution in [0.4, 0.5) is 0 Å². The average Bonchev–Trinajstić information content (AvgIpc) is 2.99. The molecule has 0 saturated heterocycles. The molecule has 2 aliphatic carbocycles. The highest BCUT2D eigenvalue weighted by Gasteiger charge is 2.31. The zero-order valence-corrected chi connectivity index (χ0v) is 11.7. The van der Waals surface area contributed by atoms with Crippen LogP contribution in [-0.4, -0.2) is 7.05 Å². The minimum atomic E-state index is 0.563. The van der Waals surface area contributed by atoms with Crippen molar-refractivity contribution < 1.29 is 0 Å². The van der Waals surface area contributed by atoms with E-state index in [0.717, 1.165) is 11.8 Å². The Kier molecular flexibility index (Phi) is 3.43. The molecule has 3 unspecified atom stereocenters. The van der Waals surface area contributed by atoms with E-state index in [9.17, 15) is 0 Å². The topological polar surface area (TPSA) is 12.0 Å². The molecule has 1 fully saturated rings. The quantitative estimate of drug-likeness (QED) is 0.849. The molecule has 1 nitrogen and oxygen atoms in total. The van der Waals surface area contributed by atoms with E-state index in [-0.39, 0.29) is 0 Å². The minimum absolute atomic E-state index is 0.563. The standard InChI is InChI=1S/C17H25N/c1-12-5-3-8-16(12)17(18-2)15-10-9-13-6-4-7-14(13)11-15/h9-12,16-18H,3-8H2,1-2H3. The van der Waals surface area contributed by atoms with E-state index in [1.807, 2.05) is 0 Å². The fraction of sp³-hybridized carbons (Fsp3) is 0.647. The van der Waals surface area contributed by atoms with Crippen LogP contribution in [0.3, 0.4) is 0 Å². The van der Waals surface area contributed by atoms with Crippen molar-refractivity contribution in [2.75, 3.05) is 7.05 Å². The van der Waals surface area contributed by atoms with Crippen LogP contribution in [0.1, 0.15) is 55.3 Å². The van der Waals surface area contributed by atoms with Crippen LogP contribution in [-0.2, 0) is 12.8 Å². The van der Waals surface area contributed by atoms with Crippen molar-refractivity contribution in [1.82, 2.24) is 5.32 Å². The van der Waals surface area contributed by atoms with Gasteiger partial charge in [0.05, 0.1) is 0 Å². The van der Waals surface area contributed by atoms with Crippen LogP contribution in [0.15, 0.2) is 18.2 Å². The van der Waals surface area contributed by atoms with Gasteiger partial charge in [-0.2, -0.15) is 0 Å². The Bertz CT molecular complexity index is 424. The predicted molar refractivity (Wildman–Crippen MR) is 76.8 cm³/mol. The summed E-state index contributed by atoms with van der Waals surface area (Å²) in [6.07, 6.45) is 8.15. The van der Waals surface area contributed by atoms with Crippen molar-refractivity contribution in [3.8, 4) is 0 Å². The summed E-state index contributed by atoms with van der Waals surface area (Å²) in [7, 11) is 2.13. The number of benzene rings is 1. The van der Waals surface area contributed by atoms with E-state index in [1.165, 1.54) is 44.1 Å². The molecular weight excluding hydrogens is 218 g/mol. The molecule has 18 heavy (non-hydrogen) atoms. The third-order valence-electron chi connectivity index (χ3n) is 5.15. The van der Waals surface area contributed by atoms with Gasteiger partial charge >= 0.3 is 0 Å². The predicted octanol–water partition coefficient (Wildman–Crippen LogP) is 3.87. The molecule has 1 heteroatoms. The first-order valence-electron chi connectivity index (χ1n) is 7.58. The number of hydrogen-bond acceptors (Lipinski definition) is 1. The maximum Gasteiger partial charge on any atom is 0.0348 e. The molecule has 0 aliphatic heterocycles. The van der Waals surface area contributed by atoms with Gasteiger partial charge in [-0.1, -0.05) is 38.0 Å². The first-order chi connectivity index (χ1) is 8.79. The zero-order chi connectivity index (χ0) is 12.5. The molecule has 0 amide bonds. The lowest BCUT2D eigenvalue weighted by Crippen LogP contribution is -2.27. The third kappa shape index (κ3) is 2.09. The van der Waals surface area contributed by atoms with Gasteiger partial charge in [0.1, 0.15) is 0 Å². The molecule has 1 aromatic rings. The Morgan fingerprint density at radius 1 is 1.11 bits per heavy atom. The van der Waals surface area contributed by atoms with Gasteiger partial charge in [-0.25, -0.2) is 0 Å². The van der Waals surface area contributed by atoms with Gasteiger partial charge in [0.25, 0.3) is 0 Å². The number of fused-ring (bicyclic) bond motifs is 1. The fourth-order valence-corrected chi connectivity index (χ4v) is 4.08.